The van der Waals surface area contributed by atoms with Crippen molar-refractivity contribution in [1.82, 2.24) is 0 Å². The van der Waals surface area contributed by atoms with Crippen LogP contribution in [0.5, 0.6) is 11.5 Å². The van der Waals surface area contributed by atoms with Crippen LogP contribution in [0.2, 0.25) is 0 Å². The summed E-state index contributed by atoms with van der Waals surface area (Å²) in [6, 6.07) is 3.95. The van der Waals surface area contributed by atoms with E-state index in [-0.39, 0.29) is 5.75 Å². The van der Waals surface area contributed by atoms with Gasteiger partial charge in [0.1, 0.15) is 0 Å². The second-order valence-electron chi connectivity index (χ2n) is 3.78. The molecule has 2 rings (SSSR count). The molecule has 1 aliphatic rings. The summed E-state index contributed by atoms with van der Waals surface area (Å²) >= 11 is 0. The van der Waals surface area contributed by atoms with Crippen molar-refractivity contribution in [2.24, 2.45) is 4.99 Å². The first kappa shape index (κ1) is 10.0. The van der Waals surface area contributed by atoms with Gasteiger partial charge in [0.25, 0.3) is 0 Å². The fourth-order valence-corrected chi connectivity index (χ4v) is 1.77. The summed E-state index contributed by atoms with van der Waals surface area (Å²) in [5.74, 6) is 0.760. The Bertz CT molecular complexity index is 399. The molecule has 0 radical (unpaired) electrons. The summed E-state index contributed by atoms with van der Waals surface area (Å²) < 4.78 is 5.34. The van der Waals surface area contributed by atoms with Crippen LogP contribution < -0.4 is 4.74 Å². The third-order valence-electron chi connectivity index (χ3n) is 2.50. The number of nitrogens with zero attached hydrogens (tertiary/aromatic N) is 1. The first-order chi connectivity index (χ1) is 7.20. The monoisotopic (exact) mass is 205 g/mol. The van der Waals surface area contributed by atoms with Gasteiger partial charge >= 0.3 is 0 Å². The Morgan fingerprint density at radius 3 is 3.07 bits per heavy atom. The number of aromatic hydroxyl groups is 1. The van der Waals surface area contributed by atoms with Crippen molar-refractivity contribution in [1.29, 1.82) is 0 Å². The summed E-state index contributed by atoms with van der Waals surface area (Å²) in [5, 5.41) is 9.68. The quantitative estimate of drug-likeness (QED) is 0.803. The van der Waals surface area contributed by atoms with Crippen molar-refractivity contribution in [2.45, 2.75) is 26.3 Å². The second-order valence-corrected chi connectivity index (χ2v) is 3.78. The van der Waals surface area contributed by atoms with Crippen LogP contribution in [-0.2, 0) is 6.42 Å². The molecule has 1 heterocycles. The zero-order valence-corrected chi connectivity index (χ0v) is 9.03. The van der Waals surface area contributed by atoms with E-state index in [1.807, 2.05) is 19.2 Å². The second kappa shape index (κ2) is 3.93. The average molecular weight is 205 g/mol. The lowest BCUT2D eigenvalue weighted by molar-refractivity contribution is 0.317. The van der Waals surface area contributed by atoms with Crippen LogP contribution in [0.3, 0.4) is 0 Å². The number of hydrogen-bond donors (Lipinski definition) is 1. The van der Waals surface area contributed by atoms with E-state index in [4.69, 9.17) is 4.74 Å². The maximum Gasteiger partial charge on any atom is 0.161 e. The lowest BCUT2D eigenvalue weighted by Crippen LogP contribution is -2.11. The van der Waals surface area contributed by atoms with Gasteiger partial charge in [-0.2, -0.15) is 0 Å². The van der Waals surface area contributed by atoms with Crippen LogP contribution in [0.15, 0.2) is 17.1 Å². The summed E-state index contributed by atoms with van der Waals surface area (Å²) in [6.07, 6.45) is 2.73. The molecular weight excluding hydrogens is 190 g/mol. The van der Waals surface area contributed by atoms with Crippen LogP contribution in [0.4, 0.5) is 0 Å². The van der Waals surface area contributed by atoms with E-state index in [2.05, 4.69) is 11.9 Å². The van der Waals surface area contributed by atoms with Gasteiger partial charge < -0.3 is 9.84 Å². The molecule has 0 aliphatic carbocycles. The molecule has 0 amide bonds. The normalized spacial score (nSPS) is 18.7. The van der Waals surface area contributed by atoms with E-state index in [1.54, 1.807) is 6.07 Å². The molecule has 1 atom stereocenters. The average Bonchev–Trinajstić information content (AvgIpc) is 2.20. The Morgan fingerprint density at radius 1 is 1.53 bits per heavy atom. The van der Waals surface area contributed by atoms with Gasteiger partial charge in [0.15, 0.2) is 11.5 Å². The lowest BCUT2D eigenvalue weighted by atomic mass is 9.98. The first-order valence-electron chi connectivity index (χ1n) is 5.22. The number of benzene rings is 1. The van der Waals surface area contributed by atoms with Crippen LogP contribution in [-0.4, -0.2) is 24.0 Å². The van der Waals surface area contributed by atoms with Gasteiger partial charge in [-0.3, -0.25) is 4.99 Å². The lowest BCUT2D eigenvalue weighted by Gasteiger charge is -2.17. The fourth-order valence-electron chi connectivity index (χ4n) is 1.77. The molecule has 0 spiro atoms. The fraction of sp³-hybridized carbons (Fsp3) is 0.417. The van der Waals surface area contributed by atoms with Crippen molar-refractivity contribution in [3.8, 4) is 11.5 Å². The molecule has 1 aromatic rings. The molecule has 1 N–H and O–H groups in total. The van der Waals surface area contributed by atoms with Gasteiger partial charge in [-0.05, 0) is 43.5 Å². The molecule has 1 aromatic carbocycles. The molecule has 1 aliphatic heterocycles. The van der Waals surface area contributed by atoms with Crippen molar-refractivity contribution >= 4 is 6.21 Å². The molecule has 3 nitrogen and oxygen atoms in total. The third-order valence-corrected chi connectivity index (χ3v) is 2.50. The summed E-state index contributed by atoms with van der Waals surface area (Å²) in [5.41, 5.74) is 2.19. The predicted molar refractivity (Wildman–Crippen MR) is 60.0 cm³/mol. The van der Waals surface area contributed by atoms with Crippen molar-refractivity contribution in [3.63, 3.8) is 0 Å². The van der Waals surface area contributed by atoms with Gasteiger partial charge in [-0.1, -0.05) is 0 Å². The molecule has 0 bridgehead atoms. The zero-order chi connectivity index (χ0) is 10.8. The molecular formula is C12H15NO2. The highest BCUT2D eigenvalue weighted by atomic mass is 16.5. The highest BCUT2D eigenvalue weighted by Crippen LogP contribution is 2.31. The zero-order valence-electron chi connectivity index (χ0n) is 9.03. The highest BCUT2D eigenvalue weighted by molar-refractivity contribution is 5.84. The first-order valence-corrected chi connectivity index (χ1v) is 5.22. The Hall–Kier alpha value is -1.51. The maximum absolute atomic E-state index is 9.68. The number of fused-ring (bicyclic) bond motifs is 1. The van der Waals surface area contributed by atoms with E-state index >= 15 is 0 Å². The van der Waals surface area contributed by atoms with Gasteiger partial charge in [-0.15, -0.1) is 0 Å². The van der Waals surface area contributed by atoms with Gasteiger partial charge in [0, 0.05) is 6.21 Å². The van der Waals surface area contributed by atoms with E-state index in [0.717, 1.165) is 12.0 Å². The highest BCUT2D eigenvalue weighted by Gasteiger charge is 2.14. The summed E-state index contributed by atoms with van der Waals surface area (Å²) in [7, 11) is 0. The summed E-state index contributed by atoms with van der Waals surface area (Å²) in [6.45, 7) is 4.55. The topological polar surface area (TPSA) is 41.8 Å². The SMILES string of the molecule is CCOc1cc2c(cc1O)C=NC(C)C2. The molecule has 1 unspecified atom stereocenters. The molecule has 0 saturated heterocycles. The summed E-state index contributed by atoms with van der Waals surface area (Å²) in [4.78, 5) is 4.31. The predicted octanol–water partition coefficient (Wildman–Crippen LogP) is 2.15. The Labute approximate surface area is 89.4 Å². The third kappa shape index (κ3) is 1.96. The van der Waals surface area contributed by atoms with E-state index in [0.29, 0.717) is 18.4 Å². The molecule has 15 heavy (non-hydrogen) atoms. The van der Waals surface area contributed by atoms with E-state index in [1.165, 1.54) is 5.56 Å². The molecule has 80 valence electrons. The number of rotatable bonds is 2. The number of ether oxygens (including phenoxy) is 1. The molecule has 3 heteroatoms. The minimum Gasteiger partial charge on any atom is -0.504 e. The largest absolute Gasteiger partial charge is 0.504 e. The smallest absolute Gasteiger partial charge is 0.161 e. The molecule has 0 saturated carbocycles. The Kier molecular flexibility index (Phi) is 2.62. The minimum atomic E-state index is 0.191. The molecule has 0 fully saturated rings. The van der Waals surface area contributed by atoms with Gasteiger partial charge in [-0.25, -0.2) is 0 Å². The van der Waals surface area contributed by atoms with Crippen LogP contribution in [0, 0.1) is 0 Å². The van der Waals surface area contributed by atoms with Crippen molar-refractivity contribution in [3.05, 3.63) is 23.3 Å². The number of hydrogen-bond acceptors (Lipinski definition) is 3. The van der Waals surface area contributed by atoms with Crippen LogP contribution in [0.1, 0.15) is 25.0 Å². The molecule has 0 aromatic heterocycles. The van der Waals surface area contributed by atoms with Crippen molar-refractivity contribution < 1.29 is 9.84 Å². The Balaban J connectivity index is 2.40. The van der Waals surface area contributed by atoms with E-state index in [9.17, 15) is 5.11 Å². The van der Waals surface area contributed by atoms with Crippen LogP contribution >= 0.6 is 0 Å². The standard InChI is InChI=1S/C12H15NO2/c1-3-15-12-6-9-4-8(2)13-7-10(9)5-11(12)14/h5-8,14H,3-4H2,1-2H3. The van der Waals surface area contributed by atoms with Gasteiger partial charge in [0.05, 0.1) is 12.6 Å². The van der Waals surface area contributed by atoms with Gasteiger partial charge in [0.2, 0.25) is 0 Å². The maximum atomic E-state index is 9.68. The Morgan fingerprint density at radius 2 is 2.33 bits per heavy atom. The number of aliphatic imine (C=N–C) groups is 1. The number of phenols is 1. The van der Waals surface area contributed by atoms with Crippen molar-refractivity contribution in [2.75, 3.05) is 6.61 Å². The van der Waals surface area contributed by atoms with Crippen LogP contribution in [0.25, 0.3) is 0 Å². The van der Waals surface area contributed by atoms with E-state index < -0.39 is 0 Å². The number of phenolic OH excluding ortho intramolecular Hbond substituents is 1. The minimum absolute atomic E-state index is 0.191.